The quantitative estimate of drug-likeness (QED) is 0.302. The minimum absolute atomic E-state index is 0.0588. The average Bonchev–Trinajstić information content (AvgIpc) is 3.49. The summed E-state index contributed by atoms with van der Waals surface area (Å²) in [7, 11) is 0. The standard InChI is InChI=1S/C27H24ClN3O4/c28-17-11-9-16(10-12-17)25-22(13-30-31-25)26(33)24(32)14-29-27(34)35-15-23-20-7-3-1-5-18(20)19-6-2-4-8-21(19)23/h1-13,23-24,26,32-33H,14-15H2,(H,29,34)(H,30,31). The second kappa shape index (κ2) is 9.92. The number of benzene rings is 3. The molecule has 1 heterocycles. The van der Waals surface area contributed by atoms with Gasteiger partial charge >= 0.3 is 6.09 Å². The van der Waals surface area contributed by atoms with E-state index in [1.165, 1.54) is 6.20 Å². The van der Waals surface area contributed by atoms with Crippen LogP contribution in [0, 0.1) is 0 Å². The van der Waals surface area contributed by atoms with Gasteiger partial charge in [-0.05, 0) is 34.4 Å². The number of nitrogens with zero attached hydrogens (tertiary/aromatic N) is 1. The summed E-state index contributed by atoms with van der Waals surface area (Å²) in [4.78, 5) is 12.4. The molecule has 0 bridgehead atoms. The Bertz CT molecular complexity index is 1290. The highest BCUT2D eigenvalue weighted by molar-refractivity contribution is 6.30. The van der Waals surface area contributed by atoms with Gasteiger partial charge in [-0.3, -0.25) is 5.10 Å². The molecule has 3 aromatic carbocycles. The molecule has 7 nitrogen and oxygen atoms in total. The Morgan fingerprint density at radius 3 is 2.29 bits per heavy atom. The Morgan fingerprint density at radius 2 is 1.63 bits per heavy atom. The summed E-state index contributed by atoms with van der Waals surface area (Å²) in [5, 5.41) is 31.1. The molecule has 8 heteroatoms. The Labute approximate surface area is 207 Å². The van der Waals surface area contributed by atoms with Gasteiger partial charge < -0.3 is 20.3 Å². The van der Waals surface area contributed by atoms with Crippen molar-refractivity contribution in [3.05, 3.63) is 101 Å². The van der Waals surface area contributed by atoms with E-state index in [4.69, 9.17) is 16.3 Å². The number of carbonyl (C=O) groups is 1. The largest absolute Gasteiger partial charge is 0.449 e. The van der Waals surface area contributed by atoms with E-state index in [1.54, 1.807) is 24.3 Å². The summed E-state index contributed by atoms with van der Waals surface area (Å²) in [5.74, 6) is -0.0588. The van der Waals surface area contributed by atoms with Gasteiger partial charge in [0.05, 0.1) is 11.9 Å². The predicted molar refractivity (Wildman–Crippen MR) is 133 cm³/mol. The van der Waals surface area contributed by atoms with Crippen LogP contribution in [0.25, 0.3) is 22.4 Å². The van der Waals surface area contributed by atoms with Crippen LogP contribution in [0.15, 0.2) is 79.0 Å². The van der Waals surface area contributed by atoms with Crippen molar-refractivity contribution in [2.24, 2.45) is 0 Å². The molecule has 35 heavy (non-hydrogen) atoms. The van der Waals surface area contributed by atoms with E-state index in [9.17, 15) is 15.0 Å². The first kappa shape index (κ1) is 23.1. The van der Waals surface area contributed by atoms with Crippen LogP contribution in [0.5, 0.6) is 0 Å². The lowest BCUT2D eigenvalue weighted by atomic mass is 9.98. The number of fused-ring (bicyclic) bond motifs is 3. The summed E-state index contributed by atoms with van der Waals surface area (Å²) >= 11 is 5.95. The highest BCUT2D eigenvalue weighted by Gasteiger charge is 2.29. The molecule has 2 unspecified atom stereocenters. The van der Waals surface area contributed by atoms with Crippen molar-refractivity contribution < 1.29 is 19.7 Å². The molecule has 5 rings (SSSR count). The van der Waals surface area contributed by atoms with E-state index in [2.05, 4.69) is 27.6 Å². The van der Waals surface area contributed by atoms with Crippen molar-refractivity contribution in [1.82, 2.24) is 15.5 Å². The molecule has 0 radical (unpaired) electrons. The average molecular weight is 490 g/mol. The summed E-state index contributed by atoms with van der Waals surface area (Å²) < 4.78 is 5.49. The van der Waals surface area contributed by atoms with Gasteiger partial charge in [0.2, 0.25) is 0 Å². The topological polar surface area (TPSA) is 107 Å². The van der Waals surface area contributed by atoms with E-state index >= 15 is 0 Å². The van der Waals surface area contributed by atoms with Gasteiger partial charge in [0.25, 0.3) is 0 Å². The van der Waals surface area contributed by atoms with Crippen molar-refractivity contribution in [2.75, 3.05) is 13.2 Å². The maximum atomic E-state index is 12.4. The monoisotopic (exact) mass is 489 g/mol. The zero-order valence-electron chi connectivity index (χ0n) is 18.7. The van der Waals surface area contributed by atoms with Crippen molar-refractivity contribution in [3.63, 3.8) is 0 Å². The van der Waals surface area contributed by atoms with Gasteiger partial charge in [-0.15, -0.1) is 0 Å². The van der Waals surface area contributed by atoms with Crippen LogP contribution in [0.1, 0.15) is 28.7 Å². The number of aromatic amines is 1. The number of H-pyrrole nitrogens is 1. The van der Waals surface area contributed by atoms with E-state index in [0.29, 0.717) is 16.3 Å². The maximum Gasteiger partial charge on any atom is 0.407 e. The normalized spacial score (nSPS) is 14.1. The number of halogens is 1. The number of hydrogen-bond donors (Lipinski definition) is 4. The number of aromatic nitrogens is 2. The lowest BCUT2D eigenvalue weighted by Gasteiger charge is -2.19. The maximum absolute atomic E-state index is 12.4. The summed E-state index contributed by atoms with van der Waals surface area (Å²) in [6.07, 6.45) is -1.75. The van der Waals surface area contributed by atoms with Crippen LogP contribution in [0.2, 0.25) is 5.02 Å². The molecule has 0 aliphatic heterocycles. The zero-order chi connectivity index (χ0) is 24.4. The zero-order valence-corrected chi connectivity index (χ0v) is 19.4. The number of ether oxygens (including phenoxy) is 1. The predicted octanol–water partition coefficient (Wildman–Crippen LogP) is 4.66. The number of rotatable bonds is 7. The number of carbonyl (C=O) groups excluding carboxylic acids is 1. The molecule has 0 fully saturated rings. The van der Waals surface area contributed by atoms with Gasteiger partial charge in [-0.25, -0.2) is 4.79 Å². The van der Waals surface area contributed by atoms with Gasteiger partial charge in [-0.2, -0.15) is 5.10 Å². The van der Waals surface area contributed by atoms with Crippen LogP contribution < -0.4 is 5.32 Å². The van der Waals surface area contributed by atoms with Crippen molar-refractivity contribution in [1.29, 1.82) is 0 Å². The molecule has 0 saturated carbocycles. The fraction of sp³-hybridized carbons (Fsp3) is 0.185. The fourth-order valence-corrected chi connectivity index (χ4v) is 4.65. The first-order valence-electron chi connectivity index (χ1n) is 11.3. The van der Waals surface area contributed by atoms with Crippen molar-refractivity contribution >= 4 is 17.7 Å². The third kappa shape index (κ3) is 4.66. The second-order valence-electron chi connectivity index (χ2n) is 8.43. The van der Waals surface area contributed by atoms with Crippen LogP contribution in [0.3, 0.4) is 0 Å². The molecule has 178 valence electrons. The molecule has 0 spiro atoms. The minimum atomic E-state index is -1.27. The van der Waals surface area contributed by atoms with E-state index in [-0.39, 0.29) is 19.1 Å². The van der Waals surface area contributed by atoms with E-state index in [0.717, 1.165) is 27.8 Å². The van der Waals surface area contributed by atoms with Gasteiger partial charge in [0.1, 0.15) is 18.8 Å². The molecule has 0 saturated heterocycles. The molecular formula is C27H24ClN3O4. The van der Waals surface area contributed by atoms with Crippen LogP contribution in [-0.4, -0.2) is 45.8 Å². The summed E-state index contributed by atoms with van der Waals surface area (Å²) in [6, 6.07) is 23.2. The number of alkyl carbamates (subject to hydrolysis) is 1. The van der Waals surface area contributed by atoms with Gasteiger partial charge in [0, 0.05) is 28.6 Å². The highest BCUT2D eigenvalue weighted by Crippen LogP contribution is 2.44. The van der Waals surface area contributed by atoms with Gasteiger partial charge in [-0.1, -0.05) is 72.3 Å². The second-order valence-corrected chi connectivity index (χ2v) is 8.86. The molecule has 4 aromatic rings. The lowest BCUT2D eigenvalue weighted by molar-refractivity contribution is 0.0189. The number of nitrogens with one attached hydrogen (secondary N) is 2. The van der Waals surface area contributed by atoms with Crippen LogP contribution in [-0.2, 0) is 4.74 Å². The third-order valence-electron chi connectivity index (χ3n) is 6.28. The molecule has 4 N–H and O–H groups in total. The van der Waals surface area contributed by atoms with Gasteiger partial charge in [0.15, 0.2) is 0 Å². The molecule has 1 aliphatic carbocycles. The lowest BCUT2D eigenvalue weighted by Crippen LogP contribution is -2.36. The Morgan fingerprint density at radius 1 is 1.00 bits per heavy atom. The number of aliphatic hydroxyl groups excluding tert-OH is 2. The van der Waals surface area contributed by atoms with Crippen LogP contribution >= 0.6 is 11.6 Å². The van der Waals surface area contributed by atoms with Crippen molar-refractivity contribution in [2.45, 2.75) is 18.1 Å². The van der Waals surface area contributed by atoms with E-state index in [1.807, 2.05) is 36.4 Å². The molecular weight excluding hydrogens is 466 g/mol. The molecule has 1 amide bonds. The minimum Gasteiger partial charge on any atom is -0.449 e. The molecule has 2 atom stereocenters. The first-order valence-corrected chi connectivity index (χ1v) is 11.6. The number of hydrogen-bond acceptors (Lipinski definition) is 5. The Hall–Kier alpha value is -3.65. The Balaban J connectivity index is 1.19. The highest BCUT2D eigenvalue weighted by atomic mass is 35.5. The Kier molecular flexibility index (Phi) is 6.55. The van der Waals surface area contributed by atoms with E-state index < -0.39 is 18.3 Å². The fourth-order valence-electron chi connectivity index (χ4n) is 4.52. The molecule has 1 aromatic heterocycles. The first-order chi connectivity index (χ1) is 17.0. The summed E-state index contributed by atoms with van der Waals surface area (Å²) in [6.45, 7) is -0.0238. The smallest absolute Gasteiger partial charge is 0.407 e. The molecule has 1 aliphatic rings. The summed E-state index contributed by atoms with van der Waals surface area (Å²) in [5.41, 5.74) is 6.26. The SMILES string of the molecule is O=C(NCC(O)C(O)c1cn[nH]c1-c1ccc(Cl)cc1)OCC1c2ccccc2-c2ccccc21. The third-order valence-corrected chi connectivity index (χ3v) is 6.54. The van der Waals surface area contributed by atoms with Crippen molar-refractivity contribution in [3.8, 4) is 22.4 Å². The number of aliphatic hydroxyl groups is 2. The van der Waals surface area contributed by atoms with Crippen LogP contribution in [0.4, 0.5) is 4.79 Å². The number of amides is 1.